The molecule has 25 heavy (non-hydrogen) atoms. The first-order chi connectivity index (χ1) is 11.6. The van der Waals surface area contributed by atoms with Crippen molar-refractivity contribution in [2.24, 2.45) is 18.4 Å². The molecule has 0 aromatic carbocycles. The molecule has 0 unspecified atom stereocenters. The van der Waals surface area contributed by atoms with Gasteiger partial charge in [-0.3, -0.25) is 4.68 Å². The molecule has 1 aromatic rings. The lowest BCUT2D eigenvalue weighted by atomic mass is 9.66. The molecule has 2 saturated heterocycles. The van der Waals surface area contributed by atoms with Crippen LogP contribution < -0.4 is 0 Å². The third-order valence-electron chi connectivity index (χ3n) is 5.42. The molecule has 1 spiro atoms. The van der Waals surface area contributed by atoms with E-state index in [9.17, 15) is 21.6 Å². The highest BCUT2D eigenvalue weighted by molar-refractivity contribution is 7.89. The van der Waals surface area contributed by atoms with Crippen molar-refractivity contribution in [1.82, 2.24) is 14.1 Å². The van der Waals surface area contributed by atoms with Crippen LogP contribution in [0.15, 0.2) is 11.2 Å². The topological polar surface area (TPSA) is 64.4 Å². The molecule has 0 saturated carbocycles. The van der Waals surface area contributed by atoms with Crippen molar-refractivity contribution in [3.8, 4) is 0 Å². The molecule has 142 valence electrons. The second kappa shape index (κ2) is 6.24. The van der Waals surface area contributed by atoms with E-state index in [1.54, 1.807) is 6.92 Å². The summed E-state index contributed by atoms with van der Waals surface area (Å²) in [5.74, 6) is -1.50. The van der Waals surface area contributed by atoms with Gasteiger partial charge >= 0.3 is 6.18 Å². The molecule has 6 nitrogen and oxygen atoms in total. The zero-order valence-electron chi connectivity index (χ0n) is 14.2. The molecular formula is C15H22F3N3O3S. The van der Waals surface area contributed by atoms with Crippen LogP contribution in [-0.2, 0) is 21.8 Å². The molecule has 0 bridgehead atoms. The van der Waals surface area contributed by atoms with Crippen molar-refractivity contribution in [3.63, 3.8) is 0 Å². The molecule has 0 N–H and O–H groups in total. The average Bonchev–Trinajstić information content (AvgIpc) is 2.86. The molecule has 2 aliphatic rings. The van der Waals surface area contributed by atoms with Gasteiger partial charge in [0.25, 0.3) is 10.0 Å². The van der Waals surface area contributed by atoms with Gasteiger partial charge in [-0.2, -0.15) is 22.6 Å². The van der Waals surface area contributed by atoms with Gasteiger partial charge in [-0.05, 0) is 26.2 Å². The van der Waals surface area contributed by atoms with Crippen LogP contribution in [0.2, 0.25) is 0 Å². The van der Waals surface area contributed by atoms with E-state index in [-0.39, 0.29) is 50.6 Å². The Bertz CT molecular complexity index is 719. The highest BCUT2D eigenvalue weighted by atomic mass is 32.2. The minimum Gasteiger partial charge on any atom is -0.381 e. The third-order valence-corrected chi connectivity index (χ3v) is 7.49. The van der Waals surface area contributed by atoms with Crippen molar-refractivity contribution in [2.75, 3.05) is 26.3 Å². The van der Waals surface area contributed by atoms with Gasteiger partial charge < -0.3 is 4.74 Å². The number of alkyl halides is 3. The maximum absolute atomic E-state index is 13.6. The van der Waals surface area contributed by atoms with Crippen molar-refractivity contribution < 1.29 is 26.3 Å². The van der Waals surface area contributed by atoms with Crippen LogP contribution in [0.25, 0.3) is 0 Å². The van der Waals surface area contributed by atoms with E-state index >= 15 is 0 Å². The van der Waals surface area contributed by atoms with Gasteiger partial charge in [0.2, 0.25) is 0 Å². The summed E-state index contributed by atoms with van der Waals surface area (Å²) >= 11 is 0. The normalized spacial score (nSPS) is 25.4. The maximum atomic E-state index is 13.6. The molecule has 0 radical (unpaired) electrons. The SMILES string of the molecule is Cc1cnn(C)c1S(=O)(=O)N1CC[C@@H](C(F)(F)F)C2(CCOCC2)C1. The number of hydrogen-bond donors (Lipinski definition) is 0. The fourth-order valence-electron chi connectivity index (χ4n) is 4.15. The van der Waals surface area contributed by atoms with Crippen LogP contribution in [0.3, 0.4) is 0 Å². The van der Waals surface area contributed by atoms with E-state index in [4.69, 9.17) is 4.74 Å². The van der Waals surface area contributed by atoms with Gasteiger partial charge in [-0.1, -0.05) is 0 Å². The summed E-state index contributed by atoms with van der Waals surface area (Å²) in [6.45, 7) is 1.82. The summed E-state index contributed by atoms with van der Waals surface area (Å²) in [4.78, 5) is 0. The van der Waals surface area contributed by atoms with Crippen molar-refractivity contribution in [2.45, 2.75) is 37.4 Å². The van der Waals surface area contributed by atoms with Crippen molar-refractivity contribution in [3.05, 3.63) is 11.8 Å². The number of aromatic nitrogens is 2. The highest BCUT2D eigenvalue weighted by Crippen LogP contribution is 2.51. The van der Waals surface area contributed by atoms with Crippen molar-refractivity contribution in [1.29, 1.82) is 0 Å². The van der Waals surface area contributed by atoms with Gasteiger partial charge in [0, 0.05) is 44.3 Å². The molecule has 0 aliphatic carbocycles. The summed E-state index contributed by atoms with van der Waals surface area (Å²) in [5, 5.41) is 3.99. The number of hydrogen-bond acceptors (Lipinski definition) is 4. The summed E-state index contributed by atoms with van der Waals surface area (Å²) in [5.41, 5.74) is -0.629. The van der Waals surface area contributed by atoms with E-state index < -0.39 is 27.5 Å². The van der Waals surface area contributed by atoms with E-state index in [1.807, 2.05) is 0 Å². The van der Waals surface area contributed by atoms with E-state index in [0.29, 0.717) is 5.56 Å². The standard InChI is InChI=1S/C15H22F3N3O3S/c1-11-9-19-20(2)13(11)25(22,23)21-6-3-12(15(16,17)18)14(10-21)4-7-24-8-5-14/h9,12H,3-8,10H2,1-2H3/t12-/m1/s1. The van der Waals surface area contributed by atoms with Crippen LogP contribution in [0.4, 0.5) is 13.2 Å². The number of halogens is 3. The first-order valence-corrected chi connectivity index (χ1v) is 9.65. The molecular weight excluding hydrogens is 359 g/mol. The Hall–Kier alpha value is -1.13. The first kappa shape index (κ1) is 18.7. The number of nitrogens with zero attached hydrogens (tertiary/aromatic N) is 3. The van der Waals surface area contributed by atoms with Crippen LogP contribution in [-0.4, -0.2) is 55.0 Å². The minimum absolute atomic E-state index is 0.0418. The highest BCUT2D eigenvalue weighted by Gasteiger charge is 2.57. The zero-order valence-corrected chi connectivity index (χ0v) is 15.0. The van der Waals surface area contributed by atoms with Crippen LogP contribution >= 0.6 is 0 Å². The molecule has 3 heterocycles. The third kappa shape index (κ3) is 3.19. The smallest absolute Gasteiger partial charge is 0.381 e. The predicted molar refractivity (Wildman–Crippen MR) is 83.4 cm³/mol. The van der Waals surface area contributed by atoms with Crippen LogP contribution in [0, 0.1) is 18.3 Å². The Morgan fingerprint density at radius 1 is 1.32 bits per heavy atom. The molecule has 1 aromatic heterocycles. The first-order valence-electron chi connectivity index (χ1n) is 8.21. The molecule has 2 aliphatic heterocycles. The fourth-order valence-corrected chi connectivity index (χ4v) is 6.01. The van der Waals surface area contributed by atoms with Crippen LogP contribution in [0.5, 0.6) is 0 Å². The van der Waals surface area contributed by atoms with Crippen molar-refractivity contribution >= 4 is 10.0 Å². The van der Waals surface area contributed by atoms with Gasteiger partial charge in [-0.25, -0.2) is 8.42 Å². The summed E-state index contributed by atoms with van der Waals surface area (Å²) in [6.07, 6.45) is -2.68. The van der Waals surface area contributed by atoms with E-state index in [1.165, 1.54) is 22.2 Å². The second-order valence-corrected chi connectivity index (χ2v) is 8.81. The van der Waals surface area contributed by atoms with Gasteiger partial charge in [0.05, 0.1) is 12.1 Å². The lowest BCUT2D eigenvalue weighted by molar-refractivity contribution is -0.231. The van der Waals surface area contributed by atoms with E-state index in [0.717, 1.165) is 0 Å². The lowest BCUT2D eigenvalue weighted by Gasteiger charge is -2.50. The molecule has 1 atom stereocenters. The lowest BCUT2D eigenvalue weighted by Crippen LogP contribution is -2.56. The Labute approximate surface area is 145 Å². The Kier molecular flexibility index (Phi) is 4.66. The molecule has 3 rings (SSSR count). The second-order valence-electron chi connectivity index (χ2n) is 6.95. The zero-order chi connectivity index (χ0) is 18.5. The number of piperidine rings is 1. The molecule has 2 fully saturated rings. The summed E-state index contributed by atoms with van der Waals surface area (Å²) in [7, 11) is -2.38. The molecule has 0 amide bonds. The molecule has 10 heteroatoms. The predicted octanol–water partition coefficient (Wildman–Crippen LogP) is 2.10. The number of rotatable bonds is 2. The van der Waals surface area contributed by atoms with E-state index in [2.05, 4.69) is 5.10 Å². The maximum Gasteiger partial charge on any atom is 0.392 e. The largest absolute Gasteiger partial charge is 0.392 e. The van der Waals surface area contributed by atoms with Gasteiger partial charge in [0.1, 0.15) is 0 Å². The number of ether oxygens (including phenoxy) is 1. The minimum atomic E-state index is -4.34. The quantitative estimate of drug-likeness (QED) is 0.787. The number of aryl methyl sites for hydroxylation is 2. The van der Waals surface area contributed by atoms with Crippen LogP contribution in [0.1, 0.15) is 24.8 Å². The fraction of sp³-hybridized carbons (Fsp3) is 0.800. The Morgan fingerprint density at radius 3 is 2.48 bits per heavy atom. The number of sulfonamides is 1. The van der Waals surface area contributed by atoms with Gasteiger partial charge in [0.15, 0.2) is 5.03 Å². The Balaban J connectivity index is 1.96. The Morgan fingerprint density at radius 2 is 1.96 bits per heavy atom. The monoisotopic (exact) mass is 381 g/mol. The summed E-state index contributed by atoms with van der Waals surface area (Å²) in [6, 6.07) is 0. The average molecular weight is 381 g/mol. The van der Waals surface area contributed by atoms with Gasteiger partial charge in [-0.15, -0.1) is 0 Å². The summed E-state index contributed by atoms with van der Waals surface area (Å²) < 4.78 is 74.5.